The number of methoxy groups -OCH3 is 1. The molecule has 0 bridgehead atoms. The molecule has 6 nitrogen and oxygen atoms in total. The number of benzene rings is 3. The van der Waals surface area contributed by atoms with Crippen molar-refractivity contribution >= 4 is 32.4 Å². The standard InChI is InChI=1S/C30H30N4O2S/c1-20-4-8-22(9-5-20)28-26(34-25-13-12-24(36-3)18-27(25)37-30(34)31-28)19-32-14-16-33(17-15-32)29(35)23-10-6-21(2)7-11-23/h4-13,18H,14-17,19H2,1-3H3. The first-order valence-corrected chi connectivity index (χ1v) is 13.4. The quantitative estimate of drug-likeness (QED) is 0.300. The molecule has 0 N–H and O–H groups in total. The fourth-order valence-electron chi connectivity index (χ4n) is 5.02. The number of hydrogen-bond acceptors (Lipinski definition) is 5. The number of thiazole rings is 1. The zero-order valence-corrected chi connectivity index (χ0v) is 22.2. The van der Waals surface area contributed by atoms with Gasteiger partial charge < -0.3 is 9.64 Å². The second-order valence-electron chi connectivity index (χ2n) is 9.76. The highest BCUT2D eigenvalue weighted by molar-refractivity contribution is 7.23. The topological polar surface area (TPSA) is 50.1 Å². The van der Waals surface area contributed by atoms with Crippen LogP contribution in [0.25, 0.3) is 26.4 Å². The third-order valence-corrected chi connectivity index (χ3v) is 8.21. The van der Waals surface area contributed by atoms with Gasteiger partial charge >= 0.3 is 0 Å². The van der Waals surface area contributed by atoms with E-state index in [2.05, 4.69) is 52.6 Å². The lowest BCUT2D eigenvalue weighted by Crippen LogP contribution is -2.48. The van der Waals surface area contributed by atoms with Crippen molar-refractivity contribution in [3.05, 3.63) is 89.1 Å². The van der Waals surface area contributed by atoms with E-state index in [1.165, 1.54) is 11.3 Å². The highest BCUT2D eigenvalue weighted by Gasteiger charge is 2.25. The molecule has 3 heterocycles. The van der Waals surface area contributed by atoms with Crippen LogP contribution in [0.5, 0.6) is 5.75 Å². The van der Waals surface area contributed by atoms with E-state index in [0.29, 0.717) is 0 Å². The van der Waals surface area contributed by atoms with Gasteiger partial charge in [0.05, 0.1) is 28.7 Å². The highest BCUT2D eigenvalue weighted by atomic mass is 32.1. The largest absolute Gasteiger partial charge is 0.497 e. The van der Waals surface area contributed by atoms with E-state index < -0.39 is 0 Å². The van der Waals surface area contributed by atoms with E-state index in [0.717, 1.165) is 76.0 Å². The minimum Gasteiger partial charge on any atom is -0.497 e. The van der Waals surface area contributed by atoms with E-state index in [-0.39, 0.29) is 5.91 Å². The second-order valence-corrected chi connectivity index (χ2v) is 10.8. The fourth-order valence-corrected chi connectivity index (χ4v) is 6.09. The van der Waals surface area contributed by atoms with Crippen molar-refractivity contribution in [1.29, 1.82) is 0 Å². The molecule has 0 radical (unpaired) electrons. The van der Waals surface area contributed by atoms with Crippen LogP contribution in [-0.2, 0) is 6.54 Å². The van der Waals surface area contributed by atoms with Gasteiger partial charge in [0.2, 0.25) is 0 Å². The summed E-state index contributed by atoms with van der Waals surface area (Å²) in [5.74, 6) is 0.969. The number of rotatable bonds is 5. The summed E-state index contributed by atoms with van der Waals surface area (Å²) >= 11 is 1.69. The molecule has 0 spiro atoms. The Labute approximate surface area is 220 Å². The molecule has 1 amide bonds. The summed E-state index contributed by atoms with van der Waals surface area (Å²) in [6.07, 6.45) is 0. The molecule has 5 aromatic rings. The number of fused-ring (bicyclic) bond motifs is 3. The van der Waals surface area contributed by atoms with Crippen molar-refractivity contribution in [2.24, 2.45) is 0 Å². The van der Waals surface area contributed by atoms with E-state index in [1.54, 1.807) is 18.4 Å². The summed E-state index contributed by atoms with van der Waals surface area (Å²) in [7, 11) is 1.70. The van der Waals surface area contributed by atoms with E-state index in [4.69, 9.17) is 9.72 Å². The first-order valence-electron chi connectivity index (χ1n) is 12.6. The van der Waals surface area contributed by atoms with Crippen molar-refractivity contribution in [2.45, 2.75) is 20.4 Å². The maximum absolute atomic E-state index is 13.0. The maximum Gasteiger partial charge on any atom is 0.253 e. The van der Waals surface area contributed by atoms with Gasteiger partial charge in [-0.3, -0.25) is 14.1 Å². The number of hydrogen-bond donors (Lipinski definition) is 0. The summed E-state index contributed by atoms with van der Waals surface area (Å²) < 4.78 is 8.92. The molecule has 1 aliphatic heterocycles. The number of imidazole rings is 1. The van der Waals surface area contributed by atoms with Crippen molar-refractivity contribution in [3.63, 3.8) is 0 Å². The lowest BCUT2D eigenvalue weighted by atomic mass is 10.1. The minimum atomic E-state index is 0.115. The van der Waals surface area contributed by atoms with Crippen LogP contribution in [0.2, 0.25) is 0 Å². The van der Waals surface area contributed by atoms with Gasteiger partial charge in [0, 0.05) is 43.9 Å². The number of nitrogens with zero attached hydrogens (tertiary/aromatic N) is 4. The molecule has 0 unspecified atom stereocenters. The van der Waals surface area contributed by atoms with Crippen LogP contribution >= 0.6 is 11.3 Å². The summed E-state index contributed by atoms with van der Waals surface area (Å²) in [6, 6.07) is 22.7. The maximum atomic E-state index is 13.0. The SMILES string of the molecule is COc1ccc2c(c1)sc1nc(-c3ccc(C)cc3)c(CN3CCN(C(=O)c4ccc(C)cc4)CC3)n12. The monoisotopic (exact) mass is 510 g/mol. The van der Waals surface area contributed by atoms with E-state index in [9.17, 15) is 4.79 Å². The number of carbonyl (C=O) groups is 1. The molecule has 7 heteroatoms. The van der Waals surface area contributed by atoms with Crippen molar-refractivity contribution in [2.75, 3.05) is 33.3 Å². The van der Waals surface area contributed by atoms with Crippen molar-refractivity contribution in [1.82, 2.24) is 19.2 Å². The van der Waals surface area contributed by atoms with Gasteiger partial charge in [0.25, 0.3) is 5.91 Å². The molecular formula is C30H30N4O2S. The van der Waals surface area contributed by atoms with Crippen LogP contribution in [0, 0.1) is 13.8 Å². The Morgan fingerprint density at radius 1 is 0.919 bits per heavy atom. The lowest BCUT2D eigenvalue weighted by molar-refractivity contribution is 0.0627. The second kappa shape index (κ2) is 9.65. The van der Waals surface area contributed by atoms with E-state index >= 15 is 0 Å². The van der Waals surface area contributed by atoms with Crippen LogP contribution in [0.4, 0.5) is 0 Å². The van der Waals surface area contributed by atoms with Gasteiger partial charge in [0.1, 0.15) is 5.75 Å². The van der Waals surface area contributed by atoms with Crippen LogP contribution < -0.4 is 4.74 Å². The van der Waals surface area contributed by atoms with Gasteiger partial charge in [-0.1, -0.05) is 58.9 Å². The summed E-state index contributed by atoms with van der Waals surface area (Å²) in [6.45, 7) is 8.01. The average Bonchev–Trinajstić information content (AvgIpc) is 3.45. The normalized spacial score (nSPS) is 14.5. The summed E-state index contributed by atoms with van der Waals surface area (Å²) in [5.41, 5.74) is 7.66. The lowest BCUT2D eigenvalue weighted by Gasteiger charge is -2.34. The Hall–Kier alpha value is -3.68. The Morgan fingerprint density at radius 3 is 2.27 bits per heavy atom. The number of carbonyl (C=O) groups excluding carboxylic acids is 1. The Morgan fingerprint density at radius 2 is 1.59 bits per heavy atom. The van der Waals surface area contributed by atoms with Crippen LogP contribution in [0.15, 0.2) is 66.7 Å². The van der Waals surface area contributed by atoms with Gasteiger partial charge in [0.15, 0.2) is 4.96 Å². The molecule has 2 aromatic heterocycles. The Bertz CT molecular complexity index is 1580. The highest BCUT2D eigenvalue weighted by Crippen LogP contribution is 2.35. The molecule has 6 rings (SSSR count). The molecule has 37 heavy (non-hydrogen) atoms. The Balaban J connectivity index is 1.30. The first-order chi connectivity index (χ1) is 18.0. The van der Waals surface area contributed by atoms with Crippen LogP contribution in [0.1, 0.15) is 27.2 Å². The minimum absolute atomic E-state index is 0.115. The first kappa shape index (κ1) is 23.7. The molecule has 3 aromatic carbocycles. The number of piperazine rings is 1. The van der Waals surface area contributed by atoms with Gasteiger partial charge in [-0.25, -0.2) is 4.98 Å². The van der Waals surface area contributed by atoms with Crippen molar-refractivity contribution in [3.8, 4) is 17.0 Å². The summed E-state index contributed by atoms with van der Waals surface area (Å²) in [4.78, 5) is 23.5. The zero-order valence-electron chi connectivity index (χ0n) is 21.4. The molecular weight excluding hydrogens is 480 g/mol. The third-order valence-electron chi connectivity index (χ3n) is 7.21. The molecule has 0 saturated carbocycles. The number of ether oxygens (including phenoxy) is 1. The number of aromatic nitrogens is 2. The number of aryl methyl sites for hydroxylation is 2. The predicted octanol–water partition coefficient (Wildman–Crippen LogP) is 5.80. The van der Waals surface area contributed by atoms with Gasteiger partial charge in [-0.05, 0) is 44.2 Å². The fraction of sp³-hybridized carbons (Fsp3) is 0.267. The molecule has 1 saturated heterocycles. The number of amides is 1. The van der Waals surface area contributed by atoms with Crippen LogP contribution in [-0.4, -0.2) is 58.4 Å². The van der Waals surface area contributed by atoms with E-state index in [1.807, 2.05) is 42.2 Å². The Kier molecular flexibility index (Phi) is 6.18. The van der Waals surface area contributed by atoms with Crippen molar-refractivity contribution < 1.29 is 9.53 Å². The van der Waals surface area contributed by atoms with Crippen LogP contribution in [0.3, 0.4) is 0 Å². The molecule has 0 aliphatic carbocycles. The molecule has 188 valence electrons. The average molecular weight is 511 g/mol. The third kappa shape index (κ3) is 4.49. The summed E-state index contributed by atoms with van der Waals surface area (Å²) in [5, 5.41) is 0. The predicted molar refractivity (Wildman–Crippen MR) is 150 cm³/mol. The zero-order chi connectivity index (χ0) is 25.5. The smallest absolute Gasteiger partial charge is 0.253 e. The molecule has 1 fully saturated rings. The van der Waals surface area contributed by atoms with Gasteiger partial charge in [-0.2, -0.15) is 0 Å². The molecule has 0 atom stereocenters. The van der Waals surface area contributed by atoms with Gasteiger partial charge in [-0.15, -0.1) is 0 Å². The molecule has 1 aliphatic rings.